The molecule has 1 aliphatic rings. The number of carbonyl (C=O) groups is 1. The minimum Gasteiger partial charge on any atom is -0.352 e. The number of anilines is 2. The van der Waals surface area contributed by atoms with Crippen LogP contribution in [0, 0.1) is 29.5 Å². The standard InChI is InChI=1S/C24H28FN5OS2/c1-16-3-7-20(8-4-16)27-23-28-30(24(32)33-23)15-29-11-9-19(10-12-29)22(31)26-14-18-6-5-17(2)21(25)13-18/h3-8,13,19H,9-12,14-15H2,1-2H3,(H,26,31)(H,27,28). The van der Waals surface area contributed by atoms with Gasteiger partial charge < -0.3 is 10.6 Å². The van der Waals surface area contributed by atoms with Crippen molar-refractivity contribution < 1.29 is 9.18 Å². The first kappa shape index (κ1) is 23.5. The molecule has 0 saturated carbocycles. The number of hydrogen-bond donors (Lipinski definition) is 2. The number of carbonyl (C=O) groups excluding carboxylic acids is 1. The molecule has 1 fully saturated rings. The summed E-state index contributed by atoms with van der Waals surface area (Å²) in [6, 6.07) is 13.2. The molecule has 0 spiro atoms. The number of amides is 1. The molecule has 0 unspecified atom stereocenters. The molecule has 6 nitrogen and oxygen atoms in total. The molecule has 0 radical (unpaired) electrons. The lowest BCUT2D eigenvalue weighted by Gasteiger charge is -2.30. The van der Waals surface area contributed by atoms with Crippen molar-refractivity contribution in [1.82, 2.24) is 20.0 Å². The number of aryl methyl sites for hydroxylation is 2. The number of piperidine rings is 1. The molecular weight excluding hydrogens is 457 g/mol. The van der Waals surface area contributed by atoms with E-state index in [1.54, 1.807) is 13.0 Å². The maximum atomic E-state index is 13.7. The number of halogens is 1. The molecule has 1 aliphatic heterocycles. The molecule has 2 heterocycles. The smallest absolute Gasteiger partial charge is 0.223 e. The Morgan fingerprint density at radius 2 is 1.91 bits per heavy atom. The first-order valence-corrected chi connectivity index (χ1v) is 12.3. The number of likely N-dealkylation sites (tertiary alicyclic amines) is 1. The first-order chi connectivity index (χ1) is 15.9. The highest BCUT2D eigenvalue weighted by Crippen LogP contribution is 2.23. The Kier molecular flexibility index (Phi) is 7.52. The molecule has 4 rings (SSSR count). The first-order valence-electron chi connectivity index (χ1n) is 11.0. The van der Waals surface area contributed by atoms with Crippen LogP contribution < -0.4 is 10.6 Å². The van der Waals surface area contributed by atoms with Crippen LogP contribution in [0.25, 0.3) is 0 Å². The van der Waals surface area contributed by atoms with Gasteiger partial charge in [-0.05, 0) is 68.2 Å². The van der Waals surface area contributed by atoms with Crippen molar-refractivity contribution in [2.75, 3.05) is 18.4 Å². The summed E-state index contributed by atoms with van der Waals surface area (Å²) < 4.78 is 16.3. The summed E-state index contributed by atoms with van der Waals surface area (Å²) in [6.07, 6.45) is 1.56. The second-order valence-electron chi connectivity index (χ2n) is 8.50. The number of benzene rings is 2. The maximum Gasteiger partial charge on any atom is 0.223 e. The van der Waals surface area contributed by atoms with Crippen LogP contribution in [0.4, 0.5) is 15.2 Å². The van der Waals surface area contributed by atoms with Crippen molar-refractivity contribution in [2.45, 2.75) is 39.9 Å². The molecule has 2 aromatic carbocycles. The van der Waals surface area contributed by atoms with Crippen LogP contribution in [0.3, 0.4) is 0 Å². The molecule has 0 bridgehead atoms. The second-order valence-corrected chi connectivity index (χ2v) is 10.1. The average molecular weight is 486 g/mol. The van der Waals surface area contributed by atoms with Gasteiger partial charge in [0, 0.05) is 31.2 Å². The fourth-order valence-electron chi connectivity index (χ4n) is 3.81. The van der Waals surface area contributed by atoms with Crippen molar-refractivity contribution in [3.8, 4) is 0 Å². The van der Waals surface area contributed by atoms with E-state index in [1.807, 2.05) is 22.9 Å². The summed E-state index contributed by atoms with van der Waals surface area (Å²) in [6.45, 7) is 6.35. The van der Waals surface area contributed by atoms with Gasteiger partial charge in [-0.15, -0.1) is 5.10 Å². The Hall–Kier alpha value is -2.62. The topological polar surface area (TPSA) is 62.2 Å². The van der Waals surface area contributed by atoms with Gasteiger partial charge in [-0.1, -0.05) is 41.2 Å². The van der Waals surface area contributed by atoms with E-state index < -0.39 is 0 Å². The van der Waals surface area contributed by atoms with Gasteiger partial charge in [-0.25, -0.2) is 9.07 Å². The van der Waals surface area contributed by atoms with E-state index in [0.29, 0.717) is 18.8 Å². The van der Waals surface area contributed by atoms with Crippen molar-refractivity contribution in [3.63, 3.8) is 0 Å². The maximum absolute atomic E-state index is 13.7. The predicted octanol–water partition coefficient (Wildman–Crippen LogP) is 5.16. The van der Waals surface area contributed by atoms with E-state index in [-0.39, 0.29) is 17.6 Å². The second kappa shape index (κ2) is 10.5. The molecule has 0 atom stereocenters. The summed E-state index contributed by atoms with van der Waals surface area (Å²) in [4.78, 5) is 14.8. The van der Waals surface area contributed by atoms with Gasteiger partial charge in [-0.2, -0.15) is 0 Å². The highest BCUT2D eigenvalue weighted by molar-refractivity contribution is 7.73. The van der Waals surface area contributed by atoms with Gasteiger partial charge in [-0.3, -0.25) is 9.69 Å². The fourth-order valence-corrected chi connectivity index (χ4v) is 4.83. The zero-order valence-corrected chi connectivity index (χ0v) is 20.4. The molecular formula is C24H28FN5OS2. The van der Waals surface area contributed by atoms with Crippen molar-refractivity contribution in [3.05, 3.63) is 68.9 Å². The Morgan fingerprint density at radius 1 is 1.18 bits per heavy atom. The van der Waals surface area contributed by atoms with Crippen LogP contribution in [0.5, 0.6) is 0 Å². The van der Waals surface area contributed by atoms with Crippen LogP contribution in [-0.2, 0) is 18.0 Å². The third-order valence-electron chi connectivity index (χ3n) is 5.90. The number of aromatic nitrogens is 2. The Labute approximate surface area is 202 Å². The average Bonchev–Trinajstić information content (AvgIpc) is 3.15. The van der Waals surface area contributed by atoms with Crippen LogP contribution in [0.1, 0.15) is 29.5 Å². The summed E-state index contributed by atoms with van der Waals surface area (Å²) in [5.41, 5.74) is 3.57. The largest absolute Gasteiger partial charge is 0.352 e. The Bertz CT molecular complexity index is 1170. The highest BCUT2D eigenvalue weighted by Gasteiger charge is 2.25. The van der Waals surface area contributed by atoms with Crippen molar-refractivity contribution >= 4 is 40.3 Å². The quantitative estimate of drug-likeness (QED) is 0.453. The molecule has 0 aliphatic carbocycles. The summed E-state index contributed by atoms with van der Waals surface area (Å²) in [5.74, 6) is -0.239. The third kappa shape index (κ3) is 6.25. The highest BCUT2D eigenvalue weighted by atomic mass is 32.1. The number of nitrogens with zero attached hydrogens (tertiary/aromatic N) is 3. The zero-order valence-electron chi connectivity index (χ0n) is 18.8. The minimum atomic E-state index is -0.243. The van der Waals surface area contributed by atoms with Gasteiger partial charge in [0.15, 0.2) is 3.95 Å². The summed E-state index contributed by atoms with van der Waals surface area (Å²) in [5, 5.41) is 11.7. The third-order valence-corrected chi connectivity index (χ3v) is 7.13. The van der Waals surface area contributed by atoms with E-state index in [2.05, 4.69) is 39.7 Å². The molecule has 1 amide bonds. The van der Waals surface area contributed by atoms with Crippen LogP contribution in [0.15, 0.2) is 42.5 Å². The minimum absolute atomic E-state index is 0.0290. The van der Waals surface area contributed by atoms with Crippen molar-refractivity contribution in [1.29, 1.82) is 0 Å². The van der Waals surface area contributed by atoms with E-state index >= 15 is 0 Å². The van der Waals surface area contributed by atoms with E-state index in [9.17, 15) is 9.18 Å². The monoisotopic (exact) mass is 485 g/mol. The summed E-state index contributed by atoms with van der Waals surface area (Å²) >= 11 is 6.95. The van der Waals surface area contributed by atoms with E-state index in [0.717, 1.165) is 46.3 Å². The van der Waals surface area contributed by atoms with Gasteiger partial charge in [0.1, 0.15) is 5.82 Å². The molecule has 2 N–H and O–H groups in total. The Morgan fingerprint density at radius 3 is 2.61 bits per heavy atom. The molecule has 9 heteroatoms. The zero-order chi connectivity index (χ0) is 23.4. The van der Waals surface area contributed by atoms with Gasteiger partial charge in [0.25, 0.3) is 0 Å². The number of nitrogens with one attached hydrogen (secondary N) is 2. The lowest BCUT2D eigenvalue weighted by atomic mass is 9.96. The van der Waals surface area contributed by atoms with Crippen molar-refractivity contribution in [2.24, 2.45) is 5.92 Å². The van der Waals surface area contributed by atoms with Gasteiger partial charge in [0.2, 0.25) is 11.0 Å². The molecule has 3 aromatic rings. The van der Waals surface area contributed by atoms with Gasteiger partial charge >= 0.3 is 0 Å². The number of rotatable bonds is 7. The predicted molar refractivity (Wildman–Crippen MR) is 133 cm³/mol. The van der Waals surface area contributed by atoms with Crippen LogP contribution >= 0.6 is 23.6 Å². The van der Waals surface area contributed by atoms with Gasteiger partial charge in [0.05, 0.1) is 6.67 Å². The summed E-state index contributed by atoms with van der Waals surface area (Å²) in [7, 11) is 0. The molecule has 1 saturated heterocycles. The van der Waals surface area contributed by atoms with E-state index in [4.69, 9.17) is 12.2 Å². The lowest BCUT2D eigenvalue weighted by Crippen LogP contribution is -2.41. The lowest BCUT2D eigenvalue weighted by molar-refractivity contribution is -0.126. The van der Waals surface area contributed by atoms with Crippen LogP contribution in [0.2, 0.25) is 0 Å². The molecule has 174 valence electrons. The SMILES string of the molecule is Cc1ccc(Nc2nn(CN3CCC(C(=O)NCc4ccc(C)c(F)c4)CC3)c(=S)s2)cc1. The van der Waals surface area contributed by atoms with E-state index in [1.165, 1.54) is 23.0 Å². The normalized spacial score (nSPS) is 14.9. The molecule has 1 aromatic heterocycles. The fraction of sp³-hybridized carbons (Fsp3) is 0.375. The Balaban J connectivity index is 1.25. The number of hydrogen-bond acceptors (Lipinski definition) is 6. The van der Waals surface area contributed by atoms with Crippen LogP contribution in [-0.4, -0.2) is 33.7 Å². The molecule has 33 heavy (non-hydrogen) atoms.